The number of benzene rings is 1. The Morgan fingerprint density at radius 2 is 2.00 bits per heavy atom. The van der Waals surface area contributed by atoms with E-state index < -0.39 is 0 Å². The van der Waals surface area contributed by atoms with Gasteiger partial charge in [-0.15, -0.1) is 0 Å². The molecule has 1 aromatic rings. The smallest absolute Gasteiger partial charge is 0.119 e. The van der Waals surface area contributed by atoms with Crippen LogP contribution in [0.2, 0.25) is 0 Å². The summed E-state index contributed by atoms with van der Waals surface area (Å²) in [4.78, 5) is 0. The van der Waals surface area contributed by atoms with E-state index in [1.807, 2.05) is 11.8 Å². The lowest BCUT2D eigenvalue weighted by atomic mass is 10.1. The Morgan fingerprint density at radius 3 is 2.65 bits per heavy atom. The van der Waals surface area contributed by atoms with E-state index in [-0.39, 0.29) is 0 Å². The molecule has 0 saturated heterocycles. The molecule has 0 aromatic heterocycles. The molecule has 0 bridgehead atoms. The fraction of sp³-hybridized carbons (Fsp3) is 0.647. The number of thioether (sulfide) groups is 1. The molecule has 0 fully saturated rings. The van der Waals surface area contributed by atoms with Gasteiger partial charge in [-0.1, -0.05) is 19.1 Å². The molecule has 0 saturated carbocycles. The van der Waals surface area contributed by atoms with Gasteiger partial charge in [0, 0.05) is 6.04 Å². The summed E-state index contributed by atoms with van der Waals surface area (Å²) < 4.78 is 5.72. The molecule has 0 aliphatic rings. The summed E-state index contributed by atoms with van der Waals surface area (Å²) >= 11 is 1.87. The minimum absolute atomic E-state index is 0.595. The SMILES string of the molecule is CCCNC(C)CCc1ccc(OCCCSC)cc1. The van der Waals surface area contributed by atoms with E-state index in [9.17, 15) is 0 Å². The Balaban J connectivity index is 2.24. The molecule has 1 N–H and O–H groups in total. The molecule has 3 heteroatoms. The van der Waals surface area contributed by atoms with Crippen LogP contribution in [0.15, 0.2) is 24.3 Å². The molecular formula is C17H29NOS. The summed E-state index contributed by atoms with van der Waals surface area (Å²) in [6.45, 7) is 6.40. The van der Waals surface area contributed by atoms with Gasteiger partial charge < -0.3 is 10.1 Å². The van der Waals surface area contributed by atoms with Gasteiger partial charge in [-0.3, -0.25) is 0 Å². The van der Waals surface area contributed by atoms with Crippen molar-refractivity contribution < 1.29 is 4.74 Å². The first-order valence-electron chi connectivity index (χ1n) is 7.70. The van der Waals surface area contributed by atoms with Gasteiger partial charge in [0.1, 0.15) is 5.75 Å². The highest BCUT2D eigenvalue weighted by Gasteiger charge is 2.02. The minimum atomic E-state index is 0.595. The molecule has 114 valence electrons. The standard InChI is InChI=1S/C17H29NOS/c1-4-12-18-15(2)6-7-16-8-10-17(11-9-16)19-13-5-14-20-3/h8-11,15,18H,4-7,12-14H2,1-3H3. The summed E-state index contributed by atoms with van der Waals surface area (Å²) in [5.74, 6) is 2.16. The van der Waals surface area contributed by atoms with E-state index in [0.29, 0.717) is 6.04 Å². The van der Waals surface area contributed by atoms with Crippen LogP contribution in [0, 0.1) is 0 Å². The van der Waals surface area contributed by atoms with Gasteiger partial charge in [0.05, 0.1) is 6.61 Å². The predicted molar refractivity (Wildman–Crippen MR) is 91.0 cm³/mol. The van der Waals surface area contributed by atoms with Crippen molar-refractivity contribution in [1.82, 2.24) is 5.32 Å². The predicted octanol–water partition coefficient (Wildman–Crippen LogP) is 4.14. The van der Waals surface area contributed by atoms with Gasteiger partial charge >= 0.3 is 0 Å². The average Bonchev–Trinajstić information content (AvgIpc) is 2.48. The Hall–Kier alpha value is -0.670. The van der Waals surface area contributed by atoms with Crippen molar-refractivity contribution in [1.29, 1.82) is 0 Å². The number of hydrogen-bond donors (Lipinski definition) is 1. The van der Waals surface area contributed by atoms with Crippen LogP contribution in [-0.2, 0) is 6.42 Å². The molecule has 0 amide bonds. The molecule has 1 unspecified atom stereocenters. The topological polar surface area (TPSA) is 21.3 Å². The van der Waals surface area contributed by atoms with Crippen molar-refractivity contribution in [3.63, 3.8) is 0 Å². The van der Waals surface area contributed by atoms with Crippen molar-refractivity contribution in [2.45, 2.75) is 45.6 Å². The maximum Gasteiger partial charge on any atom is 0.119 e. The minimum Gasteiger partial charge on any atom is -0.494 e. The van der Waals surface area contributed by atoms with Gasteiger partial charge in [0.15, 0.2) is 0 Å². The van der Waals surface area contributed by atoms with Gasteiger partial charge in [-0.05, 0) is 68.9 Å². The monoisotopic (exact) mass is 295 g/mol. The second kappa shape index (κ2) is 11.0. The maximum absolute atomic E-state index is 5.72. The zero-order valence-electron chi connectivity index (χ0n) is 13.2. The highest BCUT2D eigenvalue weighted by atomic mass is 32.2. The molecule has 1 atom stereocenters. The third kappa shape index (κ3) is 7.81. The van der Waals surface area contributed by atoms with Crippen molar-refractivity contribution in [2.24, 2.45) is 0 Å². The van der Waals surface area contributed by atoms with E-state index in [1.54, 1.807) is 0 Å². The van der Waals surface area contributed by atoms with Gasteiger partial charge in [-0.2, -0.15) is 11.8 Å². The number of rotatable bonds is 11. The molecule has 0 aliphatic carbocycles. The summed E-state index contributed by atoms with van der Waals surface area (Å²) in [7, 11) is 0. The van der Waals surface area contributed by atoms with Gasteiger partial charge in [0.25, 0.3) is 0 Å². The van der Waals surface area contributed by atoms with E-state index in [0.717, 1.165) is 31.7 Å². The van der Waals surface area contributed by atoms with Crippen molar-refractivity contribution >= 4 is 11.8 Å². The normalized spacial score (nSPS) is 12.3. The van der Waals surface area contributed by atoms with Crippen LogP contribution in [0.5, 0.6) is 5.75 Å². The largest absolute Gasteiger partial charge is 0.494 e. The molecule has 0 heterocycles. The Morgan fingerprint density at radius 1 is 1.25 bits per heavy atom. The van der Waals surface area contributed by atoms with Crippen LogP contribution in [0.3, 0.4) is 0 Å². The van der Waals surface area contributed by atoms with E-state index in [2.05, 4.69) is 49.7 Å². The Kier molecular flexibility index (Phi) is 9.60. The third-order valence-corrected chi connectivity index (χ3v) is 3.99. The second-order valence-corrected chi connectivity index (χ2v) is 6.22. The van der Waals surface area contributed by atoms with Crippen LogP contribution < -0.4 is 10.1 Å². The number of ether oxygens (including phenoxy) is 1. The van der Waals surface area contributed by atoms with Gasteiger partial charge in [-0.25, -0.2) is 0 Å². The summed E-state index contributed by atoms with van der Waals surface area (Å²) in [5.41, 5.74) is 1.40. The molecule has 2 nitrogen and oxygen atoms in total. The summed E-state index contributed by atoms with van der Waals surface area (Å²) in [5, 5.41) is 3.53. The van der Waals surface area contributed by atoms with Crippen molar-refractivity contribution in [2.75, 3.05) is 25.2 Å². The first kappa shape index (κ1) is 17.4. The first-order valence-corrected chi connectivity index (χ1v) is 9.09. The summed E-state index contributed by atoms with van der Waals surface area (Å²) in [6.07, 6.45) is 6.76. The van der Waals surface area contributed by atoms with Crippen LogP contribution in [0.1, 0.15) is 38.7 Å². The first-order chi connectivity index (χ1) is 9.76. The van der Waals surface area contributed by atoms with Crippen molar-refractivity contribution in [3.8, 4) is 5.75 Å². The lowest BCUT2D eigenvalue weighted by Crippen LogP contribution is -2.27. The molecule has 1 rings (SSSR count). The third-order valence-electron chi connectivity index (χ3n) is 3.29. The Bertz CT molecular complexity index is 339. The van der Waals surface area contributed by atoms with Crippen LogP contribution in [0.4, 0.5) is 0 Å². The Labute approximate surface area is 128 Å². The number of hydrogen-bond acceptors (Lipinski definition) is 3. The van der Waals surface area contributed by atoms with E-state index >= 15 is 0 Å². The lowest BCUT2D eigenvalue weighted by molar-refractivity contribution is 0.318. The van der Waals surface area contributed by atoms with Crippen LogP contribution in [0.25, 0.3) is 0 Å². The highest BCUT2D eigenvalue weighted by Crippen LogP contribution is 2.14. The summed E-state index contributed by atoms with van der Waals surface area (Å²) in [6, 6.07) is 9.17. The lowest BCUT2D eigenvalue weighted by Gasteiger charge is -2.13. The number of aryl methyl sites for hydroxylation is 1. The molecular weight excluding hydrogens is 266 g/mol. The van der Waals surface area contributed by atoms with Gasteiger partial charge in [0.2, 0.25) is 0 Å². The average molecular weight is 295 g/mol. The highest BCUT2D eigenvalue weighted by molar-refractivity contribution is 7.98. The van der Waals surface area contributed by atoms with Crippen LogP contribution >= 0.6 is 11.8 Å². The quantitative estimate of drug-likeness (QED) is 0.620. The van der Waals surface area contributed by atoms with E-state index in [4.69, 9.17) is 4.74 Å². The van der Waals surface area contributed by atoms with Crippen molar-refractivity contribution in [3.05, 3.63) is 29.8 Å². The number of nitrogens with one attached hydrogen (secondary N) is 1. The maximum atomic E-state index is 5.72. The molecule has 0 radical (unpaired) electrons. The zero-order valence-corrected chi connectivity index (χ0v) is 14.0. The molecule has 0 aliphatic heterocycles. The molecule has 20 heavy (non-hydrogen) atoms. The zero-order chi connectivity index (χ0) is 14.6. The van der Waals surface area contributed by atoms with Crippen LogP contribution in [-0.4, -0.2) is 31.2 Å². The van der Waals surface area contributed by atoms with E-state index in [1.165, 1.54) is 24.2 Å². The molecule has 0 spiro atoms. The molecule has 1 aromatic carbocycles. The fourth-order valence-corrected chi connectivity index (χ4v) is 2.43. The second-order valence-electron chi connectivity index (χ2n) is 5.23. The fourth-order valence-electron chi connectivity index (χ4n) is 2.02.